The number of H-pyrrole nitrogens is 1. The fourth-order valence-electron chi connectivity index (χ4n) is 3.53. The first-order chi connectivity index (χ1) is 13.2. The van der Waals surface area contributed by atoms with Crippen LogP contribution in [0.15, 0.2) is 48.8 Å². The third kappa shape index (κ3) is 3.10. The Hall–Kier alpha value is -3.41. The lowest BCUT2D eigenvalue weighted by Gasteiger charge is -2.17. The molecule has 1 aliphatic carbocycles. The summed E-state index contributed by atoms with van der Waals surface area (Å²) in [6.45, 7) is 0. The number of carbonyl (C=O) groups excluding carboxylic acids is 2. The Labute approximate surface area is 156 Å². The number of rotatable bonds is 5. The maximum atomic E-state index is 12.8. The van der Waals surface area contributed by atoms with Gasteiger partial charge in [0.15, 0.2) is 5.78 Å². The summed E-state index contributed by atoms with van der Waals surface area (Å²) in [7, 11) is 1.58. The van der Waals surface area contributed by atoms with Crippen LogP contribution in [0.25, 0.3) is 11.3 Å². The number of hydrogen-bond acceptors (Lipinski definition) is 5. The van der Waals surface area contributed by atoms with E-state index in [1.54, 1.807) is 19.5 Å². The SMILES string of the molecule is COc1cnccc1-c1[nH]c2c(c1Nc1ccccc1)C(=O)CC(C=O)C2. The molecule has 27 heavy (non-hydrogen) atoms. The van der Waals surface area contributed by atoms with Crippen molar-refractivity contribution in [2.45, 2.75) is 12.8 Å². The van der Waals surface area contributed by atoms with Crippen LogP contribution in [0, 0.1) is 5.92 Å². The zero-order chi connectivity index (χ0) is 18.8. The smallest absolute Gasteiger partial charge is 0.167 e. The molecule has 3 aromatic rings. The predicted octanol–water partition coefficient (Wildman–Crippen LogP) is 3.77. The molecular weight excluding hydrogens is 342 g/mol. The molecule has 2 aromatic heterocycles. The topological polar surface area (TPSA) is 84.1 Å². The van der Waals surface area contributed by atoms with Gasteiger partial charge in [0, 0.05) is 35.5 Å². The number of hydrogen-bond donors (Lipinski definition) is 2. The van der Waals surface area contributed by atoms with Gasteiger partial charge in [0.1, 0.15) is 12.0 Å². The monoisotopic (exact) mass is 361 g/mol. The lowest BCUT2D eigenvalue weighted by molar-refractivity contribution is -0.111. The number of ether oxygens (including phenoxy) is 1. The number of fused-ring (bicyclic) bond motifs is 1. The second kappa shape index (κ2) is 7.07. The molecule has 0 fully saturated rings. The number of nitrogens with zero attached hydrogens (tertiary/aromatic N) is 1. The molecule has 2 heterocycles. The lowest BCUT2D eigenvalue weighted by Crippen LogP contribution is -2.20. The Kier molecular flexibility index (Phi) is 4.46. The van der Waals surface area contributed by atoms with Crippen LogP contribution in [0.5, 0.6) is 5.75 Å². The van der Waals surface area contributed by atoms with Gasteiger partial charge in [-0.05, 0) is 24.6 Å². The van der Waals surface area contributed by atoms with Gasteiger partial charge in [0.2, 0.25) is 0 Å². The molecule has 0 aliphatic heterocycles. The van der Waals surface area contributed by atoms with E-state index in [-0.39, 0.29) is 18.1 Å². The Morgan fingerprint density at radius 1 is 1.22 bits per heavy atom. The summed E-state index contributed by atoms with van der Waals surface area (Å²) in [6, 6.07) is 11.5. The van der Waals surface area contributed by atoms with Crippen molar-refractivity contribution >= 4 is 23.4 Å². The lowest BCUT2D eigenvalue weighted by atomic mass is 9.87. The molecule has 1 aliphatic rings. The van der Waals surface area contributed by atoms with Crippen molar-refractivity contribution < 1.29 is 14.3 Å². The number of ketones is 1. The third-order valence-electron chi connectivity index (χ3n) is 4.78. The number of Topliss-reactive ketones (excluding diaryl/α,β-unsaturated/α-hetero) is 1. The summed E-state index contributed by atoms with van der Waals surface area (Å²) in [5.74, 6) is 0.273. The summed E-state index contributed by atoms with van der Waals surface area (Å²) in [4.78, 5) is 31.5. The summed E-state index contributed by atoms with van der Waals surface area (Å²) >= 11 is 0. The zero-order valence-electron chi connectivity index (χ0n) is 14.9. The van der Waals surface area contributed by atoms with Gasteiger partial charge in [0.25, 0.3) is 0 Å². The Morgan fingerprint density at radius 2 is 2.04 bits per heavy atom. The van der Waals surface area contributed by atoms with Gasteiger partial charge in [-0.25, -0.2) is 0 Å². The molecule has 0 saturated carbocycles. The van der Waals surface area contributed by atoms with Gasteiger partial charge in [-0.3, -0.25) is 9.78 Å². The molecule has 0 spiro atoms. The van der Waals surface area contributed by atoms with E-state index in [0.717, 1.165) is 28.9 Å². The maximum absolute atomic E-state index is 12.8. The first kappa shape index (κ1) is 17.0. The molecule has 1 unspecified atom stereocenters. The van der Waals surface area contributed by atoms with Crippen LogP contribution in [-0.4, -0.2) is 29.1 Å². The average Bonchev–Trinajstić information content (AvgIpc) is 3.07. The number of pyridine rings is 1. The van der Waals surface area contributed by atoms with Gasteiger partial charge in [-0.15, -0.1) is 0 Å². The van der Waals surface area contributed by atoms with E-state index < -0.39 is 0 Å². The maximum Gasteiger partial charge on any atom is 0.167 e. The van der Waals surface area contributed by atoms with Crippen molar-refractivity contribution in [1.82, 2.24) is 9.97 Å². The number of aromatic amines is 1. The van der Waals surface area contributed by atoms with Crippen molar-refractivity contribution in [3.63, 3.8) is 0 Å². The highest BCUT2D eigenvalue weighted by molar-refractivity contribution is 6.08. The molecule has 2 N–H and O–H groups in total. The van der Waals surface area contributed by atoms with E-state index in [1.165, 1.54) is 0 Å². The standard InChI is InChI=1S/C21H19N3O3/c1-27-18-11-22-8-7-15(18)20-21(23-14-5-3-2-4-6-14)19-16(24-20)9-13(12-25)10-17(19)26/h2-8,11-13,23-24H,9-10H2,1H3. The fraction of sp³-hybridized carbons (Fsp3) is 0.190. The van der Waals surface area contributed by atoms with E-state index in [2.05, 4.69) is 15.3 Å². The van der Waals surface area contributed by atoms with E-state index in [9.17, 15) is 9.59 Å². The number of anilines is 2. The van der Waals surface area contributed by atoms with Gasteiger partial charge < -0.3 is 19.8 Å². The highest BCUT2D eigenvalue weighted by Crippen LogP contribution is 2.42. The van der Waals surface area contributed by atoms with E-state index in [4.69, 9.17) is 4.74 Å². The van der Waals surface area contributed by atoms with Crippen molar-refractivity contribution in [2.24, 2.45) is 5.92 Å². The minimum Gasteiger partial charge on any atom is -0.494 e. The Balaban J connectivity index is 1.90. The number of aromatic nitrogens is 2. The molecule has 0 bridgehead atoms. The quantitative estimate of drug-likeness (QED) is 0.676. The third-order valence-corrected chi connectivity index (χ3v) is 4.78. The largest absolute Gasteiger partial charge is 0.494 e. The van der Waals surface area contributed by atoms with E-state index in [1.807, 2.05) is 36.4 Å². The minimum atomic E-state index is -0.291. The Morgan fingerprint density at radius 3 is 2.78 bits per heavy atom. The van der Waals surface area contributed by atoms with Crippen molar-refractivity contribution in [2.75, 3.05) is 12.4 Å². The molecule has 4 rings (SSSR count). The van der Waals surface area contributed by atoms with Crippen molar-refractivity contribution in [3.05, 3.63) is 60.0 Å². The molecule has 6 nitrogen and oxygen atoms in total. The van der Waals surface area contributed by atoms with Crippen LogP contribution < -0.4 is 10.1 Å². The number of methoxy groups -OCH3 is 1. The Bertz CT molecular complexity index is 995. The number of aldehydes is 1. The van der Waals surface area contributed by atoms with Crippen LogP contribution in [-0.2, 0) is 11.2 Å². The molecular formula is C21H19N3O3. The molecule has 0 saturated heterocycles. The average molecular weight is 361 g/mol. The summed E-state index contributed by atoms with van der Waals surface area (Å²) < 4.78 is 5.45. The molecule has 1 atom stereocenters. The van der Waals surface area contributed by atoms with Crippen molar-refractivity contribution in [3.8, 4) is 17.0 Å². The summed E-state index contributed by atoms with van der Waals surface area (Å²) in [5.41, 5.74) is 4.52. The van der Waals surface area contributed by atoms with Crippen molar-refractivity contribution in [1.29, 1.82) is 0 Å². The van der Waals surface area contributed by atoms with Gasteiger partial charge in [-0.1, -0.05) is 18.2 Å². The highest BCUT2D eigenvalue weighted by atomic mass is 16.5. The zero-order valence-corrected chi connectivity index (χ0v) is 14.9. The number of carbonyl (C=O) groups is 2. The van der Waals surface area contributed by atoms with Crippen LogP contribution in [0.4, 0.5) is 11.4 Å². The minimum absolute atomic E-state index is 0.0395. The molecule has 0 radical (unpaired) electrons. The van der Waals surface area contributed by atoms with Gasteiger partial charge in [-0.2, -0.15) is 0 Å². The summed E-state index contributed by atoms with van der Waals surface area (Å²) in [5, 5.41) is 3.38. The molecule has 6 heteroatoms. The normalized spacial score (nSPS) is 15.9. The highest BCUT2D eigenvalue weighted by Gasteiger charge is 2.32. The number of benzene rings is 1. The van der Waals surface area contributed by atoms with Gasteiger partial charge in [0.05, 0.1) is 30.3 Å². The van der Waals surface area contributed by atoms with Crippen LogP contribution in [0.2, 0.25) is 0 Å². The van der Waals surface area contributed by atoms with Crippen LogP contribution >= 0.6 is 0 Å². The van der Waals surface area contributed by atoms with Crippen LogP contribution in [0.1, 0.15) is 22.5 Å². The second-order valence-corrected chi connectivity index (χ2v) is 6.52. The predicted molar refractivity (Wildman–Crippen MR) is 103 cm³/mol. The van der Waals surface area contributed by atoms with E-state index >= 15 is 0 Å². The second-order valence-electron chi connectivity index (χ2n) is 6.52. The number of nitrogens with one attached hydrogen (secondary N) is 2. The summed E-state index contributed by atoms with van der Waals surface area (Å²) in [6.07, 6.45) is 4.92. The number of para-hydroxylation sites is 1. The first-order valence-electron chi connectivity index (χ1n) is 8.75. The van der Waals surface area contributed by atoms with Gasteiger partial charge >= 0.3 is 0 Å². The van der Waals surface area contributed by atoms with Crippen LogP contribution in [0.3, 0.4) is 0 Å². The first-order valence-corrected chi connectivity index (χ1v) is 8.75. The fourth-order valence-corrected chi connectivity index (χ4v) is 3.53. The molecule has 0 amide bonds. The van der Waals surface area contributed by atoms with E-state index in [0.29, 0.717) is 23.4 Å². The molecule has 1 aromatic carbocycles. The molecule has 136 valence electrons.